The van der Waals surface area contributed by atoms with Crippen molar-refractivity contribution < 1.29 is 5.85 Å². The van der Waals surface area contributed by atoms with Crippen LogP contribution in [0.5, 0.6) is 0 Å². The molecule has 1 aliphatic rings. The molecule has 0 unspecified atom stereocenters. The van der Waals surface area contributed by atoms with E-state index in [0.29, 0.717) is 0 Å². The average Bonchev–Trinajstić information content (AvgIpc) is 1.65. The van der Waals surface area contributed by atoms with E-state index in [0.717, 1.165) is 6.61 Å². The summed E-state index contributed by atoms with van der Waals surface area (Å²) >= 11 is 0. The second kappa shape index (κ2) is 2.19. The second-order valence-electron chi connectivity index (χ2n) is 3.07. The zero-order chi connectivity index (χ0) is 6.04. The van der Waals surface area contributed by atoms with Crippen LogP contribution in [0.3, 0.4) is 0 Å². The summed E-state index contributed by atoms with van der Waals surface area (Å²) in [6, 6.07) is 1.37. The first kappa shape index (κ1) is 6.30. The molecule has 0 aromatic rings. The molecule has 0 amide bonds. The summed E-state index contributed by atoms with van der Waals surface area (Å²) < 4.78 is 5.60. The molecule has 0 N–H and O–H groups in total. The third kappa shape index (κ3) is 1.60. The first-order valence-electron chi connectivity index (χ1n) is 3.35. The average molecular weight is 132 g/mol. The van der Waals surface area contributed by atoms with Gasteiger partial charge in [-0.05, 0) is 25.6 Å². The Labute approximate surface area is 53.7 Å². The highest BCUT2D eigenvalue weighted by Gasteiger charge is 2.24. The molecule has 0 aromatic heterocycles. The highest BCUT2D eigenvalue weighted by atomic mass is 28.4. The van der Waals surface area contributed by atoms with Gasteiger partial charge < -0.3 is 4.43 Å². The van der Waals surface area contributed by atoms with Crippen LogP contribution in [0, 0.1) is 0 Å². The summed E-state index contributed by atoms with van der Waals surface area (Å²) in [6.07, 6.45) is 2.69. The Bertz CT molecular complexity index is 77.1. The standard InChI is InChI=1S/C6H14OSi.H2/c1-8(2)6-4-3-5-7-8;/h3-6H2,1-2H3;1H. The van der Waals surface area contributed by atoms with Crippen molar-refractivity contribution in [1.29, 1.82) is 0 Å². The van der Waals surface area contributed by atoms with Crippen LogP contribution in [-0.4, -0.2) is 14.9 Å². The number of hydrogen-bond acceptors (Lipinski definition) is 1. The minimum atomic E-state index is -1.09. The molecule has 1 heterocycles. The highest BCUT2D eigenvalue weighted by Crippen LogP contribution is 2.20. The van der Waals surface area contributed by atoms with Crippen molar-refractivity contribution in [3.63, 3.8) is 0 Å². The van der Waals surface area contributed by atoms with Crippen LogP contribution in [0.15, 0.2) is 0 Å². The second-order valence-corrected chi connectivity index (χ2v) is 7.37. The maximum atomic E-state index is 5.60. The normalized spacial score (nSPS) is 27.8. The van der Waals surface area contributed by atoms with Crippen LogP contribution in [-0.2, 0) is 4.43 Å². The lowest BCUT2D eigenvalue weighted by Gasteiger charge is -2.27. The van der Waals surface area contributed by atoms with Crippen molar-refractivity contribution in [2.24, 2.45) is 0 Å². The van der Waals surface area contributed by atoms with Gasteiger partial charge in [-0.1, -0.05) is 6.42 Å². The summed E-state index contributed by atoms with van der Waals surface area (Å²) in [7, 11) is -1.09. The summed E-state index contributed by atoms with van der Waals surface area (Å²) in [6.45, 7) is 5.62. The van der Waals surface area contributed by atoms with Gasteiger partial charge in [0.05, 0.1) is 0 Å². The van der Waals surface area contributed by atoms with Gasteiger partial charge >= 0.3 is 0 Å². The molecular formula is C6H16OSi. The third-order valence-electron chi connectivity index (χ3n) is 1.67. The largest absolute Gasteiger partial charge is 0.417 e. The van der Waals surface area contributed by atoms with Crippen LogP contribution in [0.25, 0.3) is 0 Å². The molecule has 0 aliphatic carbocycles. The first-order chi connectivity index (χ1) is 3.71. The Morgan fingerprint density at radius 1 is 1.38 bits per heavy atom. The maximum absolute atomic E-state index is 5.60. The van der Waals surface area contributed by atoms with E-state index in [1.165, 1.54) is 18.9 Å². The molecule has 0 bridgehead atoms. The Morgan fingerprint density at radius 3 is 2.38 bits per heavy atom. The molecule has 0 saturated carbocycles. The molecule has 1 rings (SSSR count). The van der Waals surface area contributed by atoms with E-state index in [2.05, 4.69) is 13.1 Å². The Morgan fingerprint density at radius 2 is 2.12 bits per heavy atom. The molecule has 50 valence electrons. The number of rotatable bonds is 0. The van der Waals surface area contributed by atoms with Crippen LogP contribution in [0.4, 0.5) is 0 Å². The summed E-state index contributed by atoms with van der Waals surface area (Å²) in [5.41, 5.74) is 0. The van der Waals surface area contributed by atoms with E-state index in [-0.39, 0.29) is 1.43 Å². The molecular weight excluding hydrogens is 116 g/mol. The minimum Gasteiger partial charge on any atom is -0.417 e. The molecule has 0 radical (unpaired) electrons. The van der Waals surface area contributed by atoms with Gasteiger partial charge in [0, 0.05) is 8.03 Å². The molecule has 2 heteroatoms. The van der Waals surface area contributed by atoms with Gasteiger partial charge in [0.1, 0.15) is 0 Å². The van der Waals surface area contributed by atoms with Crippen LogP contribution < -0.4 is 0 Å². The van der Waals surface area contributed by atoms with Gasteiger partial charge in [-0.2, -0.15) is 0 Å². The SMILES string of the molecule is C[Si]1(C)CCCCO1.[HH]. The molecule has 1 fully saturated rings. The topological polar surface area (TPSA) is 9.23 Å². The molecule has 0 atom stereocenters. The Balaban J connectivity index is 0.000000640. The summed E-state index contributed by atoms with van der Waals surface area (Å²) in [4.78, 5) is 0. The lowest BCUT2D eigenvalue weighted by Crippen LogP contribution is -2.33. The molecule has 1 aliphatic heterocycles. The van der Waals surface area contributed by atoms with E-state index in [9.17, 15) is 0 Å². The molecule has 8 heavy (non-hydrogen) atoms. The van der Waals surface area contributed by atoms with E-state index < -0.39 is 8.32 Å². The van der Waals surface area contributed by atoms with Crippen LogP contribution in [0.2, 0.25) is 19.1 Å². The Kier molecular flexibility index (Phi) is 1.73. The zero-order valence-electron chi connectivity index (χ0n) is 5.74. The van der Waals surface area contributed by atoms with Crippen molar-refractivity contribution >= 4 is 8.32 Å². The van der Waals surface area contributed by atoms with E-state index in [1.54, 1.807) is 0 Å². The fourth-order valence-corrected chi connectivity index (χ4v) is 3.02. The van der Waals surface area contributed by atoms with E-state index >= 15 is 0 Å². The highest BCUT2D eigenvalue weighted by molar-refractivity contribution is 6.71. The maximum Gasteiger partial charge on any atom is 0.186 e. The monoisotopic (exact) mass is 132 g/mol. The van der Waals surface area contributed by atoms with Crippen molar-refractivity contribution in [1.82, 2.24) is 0 Å². The van der Waals surface area contributed by atoms with Crippen LogP contribution >= 0.6 is 0 Å². The molecule has 0 aromatic carbocycles. The van der Waals surface area contributed by atoms with Crippen molar-refractivity contribution in [2.75, 3.05) is 6.61 Å². The summed E-state index contributed by atoms with van der Waals surface area (Å²) in [5, 5.41) is 0. The summed E-state index contributed by atoms with van der Waals surface area (Å²) in [5.74, 6) is 0. The minimum absolute atomic E-state index is 0. The van der Waals surface area contributed by atoms with E-state index in [1.807, 2.05) is 0 Å². The Hall–Kier alpha value is 0.177. The lowest BCUT2D eigenvalue weighted by molar-refractivity contribution is 0.275. The zero-order valence-corrected chi connectivity index (χ0v) is 6.74. The van der Waals surface area contributed by atoms with Gasteiger partial charge in [-0.3, -0.25) is 0 Å². The predicted octanol–water partition coefficient (Wildman–Crippen LogP) is 2.25. The van der Waals surface area contributed by atoms with Gasteiger partial charge in [0.25, 0.3) is 0 Å². The van der Waals surface area contributed by atoms with Gasteiger partial charge in [0.2, 0.25) is 0 Å². The first-order valence-corrected chi connectivity index (χ1v) is 6.46. The number of hydrogen-bond donors (Lipinski definition) is 0. The molecule has 1 nitrogen and oxygen atoms in total. The van der Waals surface area contributed by atoms with Gasteiger partial charge in [0.15, 0.2) is 8.32 Å². The smallest absolute Gasteiger partial charge is 0.186 e. The van der Waals surface area contributed by atoms with Crippen molar-refractivity contribution in [3.05, 3.63) is 0 Å². The molecule has 0 spiro atoms. The fraction of sp³-hybridized carbons (Fsp3) is 1.00. The van der Waals surface area contributed by atoms with Crippen molar-refractivity contribution in [3.8, 4) is 0 Å². The predicted molar refractivity (Wildman–Crippen MR) is 39.6 cm³/mol. The fourth-order valence-electron chi connectivity index (χ4n) is 1.07. The van der Waals surface area contributed by atoms with Gasteiger partial charge in [-0.25, -0.2) is 0 Å². The van der Waals surface area contributed by atoms with E-state index in [4.69, 9.17) is 4.43 Å². The third-order valence-corrected chi connectivity index (χ3v) is 4.21. The van der Waals surface area contributed by atoms with Crippen LogP contribution in [0.1, 0.15) is 14.3 Å². The molecule has 1 saturated heterocycles. The van der Waals surface area contributed by atoms with Gasteiger partial charge in [-0.15, -0.1) is 0 Å². The lowest BCUT2D eigenvalue weighted by atomic mass is 10.4. The van der Waals surface area contributed by atoms with Crippen molar-refractivity contribution in [2.45, 2.75) is 32.0 Å². The quantitative estimate of drug-likeness (QED) is 0.459.